The number of aryl methyl sites for hydroxylation is 1. The Morgan fingerprint density at radius 1 is 1.65 bits per heavy atom. The monoisotopic (exact) mass is 252 g/mol. The smallest absolute Gasteiger partial charge is 0.131 e. The van der Waals surface area contributed by atoms with Crippen LogP contribution in [0.15, 0.2) is 5.51 Å². The Labute approximate surface area is 107 Å². The minimum Gasteiger partial charge on any atom is -0.300 e. The van der Waals surface area contributed by atoms with E-state index >= 15 is 0 Å². The van der Waals surface area contributed by atoms with E-state index < -0.39 is 0 Å². The molecule has 0 N–H and O–H groups in total. The van der Waals surface area contributed by atoms with Crippen LogP contribution in [0, 0.1) is 6.92 Å². The van der Waals surface area contributed by atoms with Gasteiger partial charge in [-0.3, -0.25) is 9.69 Å². The number of carbonyl (C=O) groups excluding carboxylic acids is 1. The molecule has 1 saturated heterocycles. The van der Waals surface area contributed by atoms with Crippen LogP contribution in [0.4, 0.5) is 0 Å². The van der Waals surface area contributed by atoms with Crippen LogP contribution in [-0.4, -0.2) is 34.8 Å². The molecule has 0 saturated carbocycles. The first kappa shape index (κ1) is 12.7. The first-order chi connectivity index (χ1) is 8.16. The number of hydrogen-bond acceptors (Lipinski definition) is 4. The van der Waals surface area contributed by atoms with Gasteiger partial charge in [0.15, 0.2) is 0 Å². The molecule has 1 aliphatic heterocycles. The third-order valence-electron chi connectivity index (χ3n) is 3.49. The largest absolute Gasteiger partial charge is 0.300 e. The van der Waals surface area contributed by atoms with E-state index in [2.05, 4.69) is 16.8 Å². The number of carbonyl (C=O) groups is 1. The Bertz CT molecular complexity index is 389. The maximum Gasteiger partial charge on any atom is 0.131 e. The highest BCUT2D eigenvalue weighted by Crippen LogP contribution is 2.22. The normalized spacial score (nSPS) is 20.9. The van der Waals surface area contributed by atoms with E-state index in [9.17, 15) is 4.79 Å². The van der Waals surface area contributed by atoms with Crippen LogP contribution in [0.5, 0.6) is 0 Å². The molecule has 1 atom stereocenters. The summed E-state index contributed by atoms with van der Waals surface area (Å²) in [6.07, 6.45) is 4.22. The van der Waals surface area contributed by atoms with Crippen molar-refractivity contribution < 1.29 is 4.79 Å². The fraction of sp³-hybridized carbons (Fsp3) is 0.692. The molecular formula is C13H20N2OS. The number of ketones is 1. The highest BCUT2D eigenvalue weighted by atomic mass is 32.1. The second-order valence-corrected chi connectivity index (χ2v) is 5.79. The van der Waals surface area contributed by atoms with Gasteiger partial charge in [-0.25, -0.2) is 4.98 Å². The SMILES string of the molecule is CC(=O)CC1CCCN1CCc1scnc1C. The molecule has 0 aliphatic carbocycles. The van der Waals surface area contributed by atoms with Crippen molar-refractivity contribution in [1.29, 1.82) is 0 Å². The van der Waals surface area contributed by atoms with Crippen LogP contribution in [0.3, 0.4) is 0 Å². The molecule has 2 heterocycles. The van der Waals surface area contributed by atoms with Gasteiger partial charge in [0.25, 0.3) is 0 Å². The average molecular weight is 252 g/mol. The summed E-state index contributed by atoms with van der Waals surface area (Å²) in [6.45, 7) is 5.99. The Hall–Kier alpha value is -0.740. The maximum atomic E-state index is 11.2. The number of rotatable bonds is 5. The van der Waals surface area contributed by atoms with E-state index in [0.29, 0.717) is 11.8 Å². The van der Waals surface area contributed by atoms with Crippen LogP contribution in [0.25, 0.3) is 0 Å². The molecule has 0 amide bonds. The molecule has 0 radical (unpaired) electrons. The van der Waals surface area contributed by atoms with Gasteiger partial charge in [0.1, 0.15) is 5.78 Å². The lowest BCUT2D eigenvalue weighted by atomic mass is 10.1. The summed E-state index contributed by atoms with van der Waals surface area (Å²) < 4.78 is 0. The predicted octanol–water partition coefficient (Wildman–Crippen LogP) is 2.44. The van der Waals surface area contributed by atoms with E-state index in [4.69, 9.17) is 0 Å². The summed E-state index contributed by atoms with van der Waals surface area (Å²) in [7, 11) is 0. The van der Waals surface area contributed by atoms with Gasteiger partial charge >= 0.3 is 0 Å². The maximum absolute atomic E-state index is 11.2. The van der Waals surface area contributed by atoms with Gasteiger partial charge in [0, 0.05) is 23.9 Å². The number of Topliss-reactive ketones (excluding diaryl/α,β-unsaturated/α-hetero) is 1. The highest BCUT2D eigenvalue weighted by molar-refractivity contribution is 7.09. The molecule has 0 aromatic carbocycles. The molecule has 94 valence electrons. The van der Waals surface area contributed by atoms with Gasteiger partial charge in [-0.2, -0.15) is 0 Å². The quantitative estimate of drug-likeness (QED) is 0.807. The number of likely N-dealkylation sites (tertiary alicyclic amines) is 1. The summed E-state index contributed by atoms with van der Waals surface area (Å²) >= 11 is 1.74. The van der Waals surface area contributed by atoms with Crippen LogP contribution in [-0.2, 0) is 11.2 Å². The third-order valence-corrected chi connectivity index (χ3v) is 4.49. The van der Waals surface area contributed by atoms with Gasteiger partial charge in [0.2, 0.25) is 0 Å². The number of hydrogen-bond donors (Lipinski definition) is 0. The van der Waals surface area contributed by atoms with Crippen molar-refractivity contribution in [2.75, 3.05) is 13.1 Å². The second kappa shape index (κ2) is 5.74. The third kappa shape index (κ3) is 3.36. The highest BCUT2D eigenvalue weighted by Gasteiger charge is 2.25. The van der Waals surface area contributed by atoms with E-state index in [1.807, 2.05) is 5.51 Å². The number of thiazole rings is 1. The zero-order valence-electron chi connectivity index (χ0n) is 10.6. The predicted molar refractivity (Wildman–Crippen MR) is 70.4 cm³/mol. The van der Waals surface area contributed by atoms with Crippen LogP contribution < -0.4 is 0 Å². The van der Waals surface area contributed by atoms with E-state index in [-0.39, 0.29) is 0 Å². The molecule has 1 aliphatic rings. The van der Waals surface area contributed by atoms with Gasteiger partial charge < -0.3 is 0 Å². The molecule has 1 unspecified atom stereocenters. The minimum atomic E-state index is 0.316. The topological polar surface area (TPSA) is 33.2 Å². The molecule has 0 bridgehead atoms. The Kier molecular flexibility index (Phi) is 4.29. The lowest BCUT2D eigenvalue weighted by molar-refractivity contribution is -0.118. The van der Waals surface area contributed by atoms with Crippen molar-refractivity contribution in [3.8, 4) is 0 Å². The minimum absolute atomic E-state index is 0.316. The van der Waals surface area contributed by atoms with Crippen molar-refractivity contribution in [2.24, 2.45) is 0 Å². The fourth-order valence-corrected chi connectivity index (χ4v) is 3.33. The summed E-state index contributed by atoms with van der Waals surface area (Å²) in [4.78, 5) is 19.3. The van der Waals surface area contributed by atoms with Crippen molar-refractivity contribution in [3.63, 3.8) is 0 Å². The molecule has 1 fully saturated rings. The van der Waals surface area contributed by atoms with Crippen molar-refractivity contribution in [3.05, 3.63) is 16.1 Å². The Morgan fingerprint density at radius 2 is 2.47 bits per heavy atom. The molecule has 17 heavy (non-hydrogen) atoms. The van der Waals surface area contributed by atoms with Crippen LogP contribution >= 0.6 is 11.3 Å². The molecule has 1 aromatic heterocycles. The molecule has 1 aromatic rings. The standard InChI is InChI=1S/C13H20N2OS/c1-10(16)8-12-4-3-6-15(12)7-5-13-11(2)14-9-17-13/h9,12H,3-8H2,1-2H3. The summed E-state index contributed by atoms with van der Waals surface area (Å²) in [5.41, 5.74) is 3.08. The number of aromatic nitrogens is 1. The van der Waals surface area contributed by atoms with Gasteiger partial charge in [-0.1, -0.05) is 0 Å². The Balaban J connectivity index is 1.86. The number of nitrogens with zero attached hydrogens (tertiary/aromatic N) is 2. The fourth-order valence-electron chi connectivity index (χ4n) is 2.56. The average Bonchev–Trinajstić information content (AvgIpc) is 2.84. The first-order valence-electron chi connectivity index (χ1n) is 6.29. The van der Waals surface area contributed by atoms with E-state index in [1.165, 1.54) is 17.7 Å². The molecular weight excluding hydrogens is 232 g/mol. The van der Waals surface area contributed by atoms with Crippen molar-refractivity contribution >= 4 is 17.1 Å². The molecule has 2 rings (SSSR count). The van der Waals surface area contributed by atoms with Gasteiger partial charge in [-0.15, -0.1) is 11.3 Å². The van der Waals surface area contributed by atoms with Gasteiger partial charge in [0.05, 0.1) is 11.2 Å². The summed E-state index contributed by atoms with van der Waals surface area (Å²) in [5, 5.41) is 0. The lowest BCUT2D eigenvalue weighted by Gasteiger charge is -2.23. The van der Waals surface area contributed by atoms with Crippen LogP contribution in [0.2, 0.25) is 0 Å². The van der Waals surface area contributed by atoms with Crippen molar-refractivity contribution in [1.82, 2.24) is 9.88 Å². The van der Waals surface area contributed by atoms with Gasteiger partial charge in [-0.05, 0) is 39.7 Å². The molecule has 0 spiro atoms. The summed E-state index contributed by atoms with van der Waals surface area (Å²) in [5.74, 6) is 0.316. The molecule has 4 heteroatoms. The molecule has 3 nitrogen and oxygen atoms in total. The van der Waals surface area contributed by atoms with E-state index in [1.54, 1.807) is 18.3 Å². The Morgan fingerprint density at radius 3 is 3.12 bits per heavy atom. The second-order valence-electron chi connectivity index (χ2n) is 4.85. The van der Waals surface area contributed by atoms with Crippen molar-refractivity contribution in [2.45, 2.75) is 45.6 Å². The summed E-state index contributed by atoms with van der Waals surface area (Å²) in [6, 6.07) is 0.487. The zero-order valence-corrected chi connectivity index (χ0v) is 11.4. The lowest BCUT2D eigenvalue weighted by Crippen LogP contribution is -2.32. The van der Waals surface area contributed by atoms with E-state index in [0.717, 1.165) is 31.6 Å². The van der Waals surface area contributed by atoms with Crippen LogP contribution in [0.1, 0.15) is 36.8 Å². The zero-order chi connectivity index (χ0) is 12.3. The first-order valence-corrected chi connectivity index (χ1v) is 7.17.